The summed E-state index contributed by atoms with van der Waals surface area (Å²) in [7, 11) is 1.32. The Labute approximate surface area is 118 Å². The van der Waals surface area contributed by atoms with Gasteiger partial charge in [-0.05, 0) is 19.4 Å². The Kier molecular flexibility index (Phi) is 3.97. The second-order valence-corrected chi connectivity index (χ2v) is 5.46. The summed E-state index contributed by atoms with van der Waals surface area (Å²) in [5.41, 5.74) is 0.510. The van der Waals surface area contributed by atoms with Crippen molar-refractivity contribution in [3.8, 4) is 0 Å². The van der Waals surface area contributed by atoms with Crippen LogP contribution in [-0.4, -0.2) is 36.1 Å². The molecule has 20 heavy (non-hydrogen) atoms. The van der Waals surface area contributed by atoms with E-state index >= 15 is 0 Å². The van der Waals surface area contributed by atoms with Crippen LogP contribution >= 0.6 is 0 Å². The van der Waals surface area contributed by atoms with Gasteiger partial charge in [-0.15, -0.1) is 0 Å². The van der Waals surface area contributed by atoms with E-state index in [2.05, 4.69) is 10.1 Å². The Hall–Kier alpha value is -2.04. The van der Waals surface area contributed by atoms with Gasteiger partial charge in [0.25, 0.3) is 0 Å². The number of carbonyl (C=O) groups excluding carboxylic acids is 2. The number of hydrogen-bond donors (Lipinski definition) is 1. The van der Waals surface area contributed by atoms with Gasteiger partial charge in [0.1, 0.15) is 0 Å². The normalized spacial score (nSPS) is 23.6. The maximum atomic E-state index is 12.2. The van der Waals surface area contributed by atoms with Gasteiger partial charge < -0.3 is 15.0 Å². The van der Waals surface area contributed by atoms with Gasteiger partial charge in [-0.3, -0.25) is 4.79 Å². The predicted octanol–water partition coefficient (Wildman–Crippen LogP) is 2.09. The summed E-state index contributed by atoms with van der Waals surface area (Å²) in [5, 5.41) is 2.75. The van der Waals surface area contributed by atoms with E-state index < -0.39 is 11.6 Å². The minimum absolute atomic E-state index is 0.00929. The first-order valence-corrected chi connectivity index (χ1v) is 6.66. The van der Waals surface area contributed by atoms with Crippen LogP contribution in [0.25, 0.3) is 0 Å². The highest BCUT2D eigenvalue weighted by molar-refractivity contribution is 5.82. The molecule has 0 bridgehead atoms. The van der Waals surface area contributed by atoms with Crippen LogP contribution in [0.3, 0.4) is 0 Å². The van der Waals surface area contributed by atoms with E-state index in [9.17, 15) is 9.59 Å². The van der Waals surface area contributed by atoms with Crippen LogP contribution < -0.4 is 5.32 Å². The fraction of sp³-hybridized carbons (Fsp3) is 0.467. The average Bonchev–Trinajstić information content (AvgIpc) is 2.73. The van der Waals surface area contributed by atoms with Crippen molar-refractivity contribution in [2.75, 3.05) is 13.7 Å². The van der Waals surface area contributed by atoms with Gasteiger partial charge in [0.05, 0.1) is 25.1 Å². The molecule has 108 valence electrons. The lowest BCUT2D eigenvalue weighted by Crippen LogP contribution is -2.48. The van der Waals surface area contributed by atoms with Crippen molar-refractivity contribution >= 4 is 12.0 Å². The number of benzene rings is 1. The molecule has 2 atom stereocenters. The van der Waals surface area contributed by atoms with Gasteiger partial charge in [0.2, 0.25) is 5.91 Å². The Morgan fingerprint density at radius 3 is 2.65 bits per heavy atom. The predicted molar refractivity (Wildman–Crippen MR) is 75.1 cm³/mol. The Morgan fingerprint density at radius 2 is 2.05 bits per heavy atom. The van der Waals surface area contributed by atoms with Gasteiger partial charge in [0.15, 0.2) is 0 Å². The molecular weight excluding hydrogens is 256 g/mol. The SMILES string of the molecule is COC(=O)N[C@@]1(C)CC(=O)N([C@H](C)c2ccccc2)C1. The van der Waals surface area contributed by atoms with Crippen molar-refractivity contribution < 1.29 is 14.3 Å². The van der Waals surface area contributed by atoms with E-state index in [1.807, 2.05) is 44.2 Å². The molecule has 0 spiro atoms. The minimum Gasteiger partial charge on any atom is -0.453 e. The third kappa shape index (κ3) is 2.92. The second kappa shape index (κ2) is 5.53. The summed E-state index contributed by atoms with van der Waals surface area (Å²) >= 11 is 0. The van der Waals surface area contributed by atoms with Crippen LogP contribution in [0.2, 0.25) is 0 Å². The van der Waals surface area contributed by atoms with E-state index in [1.54, 1.807) is 4.90 Å². The van der Waals surface area contributed by atoms with Crippen molar-refractivity contribution in [2.45, 2.75) is 31.8 Å². The van der Waals surface area contributed by atoms with E-state index in [1.165, 1.54) is 7.11 Å². The third-order valence-corrected chi connectivity index (χ3v) is 3.72. The van der Waals surface area contributed by atoms with Crippen molar-refractivity contribution in [3.05, 3.63) is 35.9 Å². The number of nitrogens with zero attached hydrogens (tertiary/aromatic N) is 1. The molecule has 2 amide bonds. The number of carbonyl (C=O) groups is 2. The molecule has 5 nitrogen and oxygen atoms in total. The molecule has 0 aromatic heterocycles. The summed E-state index contributed by atoms with van der Waals surface area (Å²) in [4.78, 5) is 25.4. The maximum Gasteiger partial charge on any atom is 0.407 e. The number of ether oxygens (including phenoxy) is 1. The van der Waals surface area contributed by atoms with Crippen molar-refractivity contribution in [2.24, 2.45) is 0 Å². The Morgan fingerprint density at radius 1 is 1.40 bits per heavy atom. The molecule has 1 heterocycles. The fourth-order valence-electron chi connectivity index (χ4n) is 2.60. The lowest BCUT2D eigenvalue weighted by atomic mass is 10.0. The number of nitrogens with one attached hydrogen (secondary N) is 1. The number of amides is 2. The van der Waals surface area contributed by atoms with Gasteiger partial charge in [-0.1, -0.05) is 30.3 Å². The van der Waals surface area contributed by atoms with Crippen molar-refractivity contribution in [3.63, 3.8) is 0 Å². The van der Waals surface area contributed by atoms with Gasteiger partial charge in [0, 0.05) is 6.54 Å². The zero-order valence-corrected chi connectivity index (χ0v) is 12.1. The summed E-state index contributed by atoms with van der Waals surface area (Å²) in [6, 6.07) is 9.86. The fourth-order valence-corrected chi connectivity index (χ4v) is 2.60. The second-order valence-electron chi connectivity index (χ2n) is 5.46. The molecule has 1 saturated heterocycles. The largest absolute Gasteiger partial charge is 0.453 e. The topological polar surface area (TPSA) is 58.6 Å². The van der Waals surface area contributed by atoms with Crippen LogP contribution in [0.4, 0.5) is 4.79 Å². The first-order chi connectivity index (χ1) is 9.45. The molecule has 1 N–H and O–H groups in total. The van der Waals surface area contributed by atoms with E-state index in [0.717, 1.165) is 5.56 Å². The number of likely N-dealkylation sites (tertiary alicyclic amines) is 1. The molecule has 1 aromatic rings. The van der Waals surface area contributed by atoms with Crippen molar-refractivity contribution in [1.82, 2.24) is 10.2 Å². The molecule has 5 heteroatoms. The highest BCUT2D eigenvalue weighted by Crippen LogP contribution is 2.30. The van der Waals surface area contributed by atoms with Crippen LogP contribution in [0.1, 0.15) is 31.9 Å². The molecule has 0 radical (unpaired) electrons. The molecule has 1 fully saturated rings. The highest BCUT2D eigenvalue weighted by atomic mass is 16.5. The van der Waals surface area contributed by atoms with Crippen molar-refractivity contribution in [1.29, 1.82) is 0 Å². The third-order valence-electron chi connectivity index (χ3n) is 3.72. The molecular formula is C15H20N2O3. The average molecular weight is 276 g/mol. The lowest BCUT2D eigenvalue weighted by Gasteiger charge is -2.28. The first kappa shape index (κ1) is 14.4. The summed E-state index contributed by atoms with van der Waals surface area (Å²) < 4.78 is 4.61. The Bertz CT molecular complexity index is 503. The highest BCUT2D eigenvalue weighted by Gasteiger charge is 2.42. The molecule has 2 rings (SSSR count). The number of hydrogen-bond acceptors (Lipinski definition) is 3. The molecule has 0 saturated carbocycles. The monoisotopic (exact) mass is 276 g/mol. The molecule has 0 unspecified atom stereocenters. The standard InChI is InChI=1S/C15H20N2O3/c1-11(12-7-5-4-6-8-12)17-10-15(2,9-13(17)18)16-14(19)20-3/h4-8,11H,9-10H2,1-3H3,(H,16,19)/t11-,15+/m1/s1. The number of alkyl carbamates (subject to hydrolysis) is 1. The molecule has 1 aromatic carbocycles. The Balaban J connectivity index is 2.11. The van der Waals surface area contributed by atoms with Gasteiger partial charge in [-0.25, -0.2) is 4.79 Å². The smallest absolute Gasteiger partial charge is 0.407 e. The summed E-state index contributed by atoms with van der Waals surface area (Å²) in [5.74, 6) is 0.0419. The van der Waals surface area contributed by atoms with Gasteiger partial charge >= 0.3 is 6.09 Å². The summed E-state index contributed by atoms with van der Waals surface area (Å²) in [6.07, 6.45) is -0.214. The molecule has 1 aliphatic heterocycles. The van der Waals surface area contributed by atoms with E-state index in [-0.39, 0.29) is 11.9 Å². The number of rotatable bonds is 3. The zero-order valence-electron chi connectivity index (χ0n) is 12.1. The van der Waals surface area contributed by atoms with E-state index in [0.29, 0.717) is 13.0 Å². The van der Waals surface area contributed by atoms with Crippen LogP contribution in [0.15, 0.2) is 30.3 Å². The number of methoxy groups -OCH3 is 1. The van der Waals surface area contributed by atoms with Crippen LogP contribution in [0.5, 0.6) is 0 Å². The first-order valence-electron chi connectivity index (χ1n) is 6.66. The van der Waals surface area contributed by atoms with E-state index in [4.69, 9.17) is 0 Å². The van der Waals surface area contributed by atoms with Crippen LogP contribution in [0, 0.1) is 0 Å². The molecule has 0 aliphatic carbocycles. The van der Waals surface area contributed by atoms with Crippen LogP contribution in [-0.2, 0) is 9.53 Å². The minimum atomic E-state index is -0.576. The quantitative estimate of drug-likeness (QED) is 0.919. The maximum absolute atomic E-state index is 12.2. The summed E-state index contributed by atoms with van der Waals surface area (Å²) in [6.45, 7) is 4.34. The lowest BCUT2D eigenvalue weighted by molar-refractivity contribution is -0.129. The van der Waals surface area contributed by atoms with Gasteiger partial charge in [-0.2, -0.15) is 0 Å². The molecule has 1 aliphatic rings. The zero-order chi connectivity index (χ0) is 14.8.